The molecule has 0 aliphatic rings. The van der Waals surface area contributed by atoms with Gasteiger partial charge in [0.1, 0.15) is 5.01 Å². The first-order valence-electron chi connectivity index (χ1n) is 5.34. The van der Waals surface area contributed by atoms with Crippen molar-refractivity contribution in [3.05, 3.63) is 40.4 Å². The smallest absolute Gasteiger partial charge is 0.205 e. The summed E-state index contributed by atoms with van der Waals surface area (Å²) in [5.74, 6) is 0. The van der Waals surface area contributed by atoms with Crippen LogP contribution in [0.1, 0.15) is 16.1 Å². The number of aryl methyl sites for hydroxylation is 2. The van der Waals surface area contributed by atoms with Gasteiger partial charge in [0.15, 0.2) is 0 Å². The van der Waals surface area contributed by atoms with Crippen LogP contribution < -0.4 is 5.32 Å². The fourth-order valence-electron chi connectivity index (χ4n) is 1.56. The van der Waals surface area contributed by atoms with Gasteiger partial charge in [-0.25, -0.2) is 0 Å². The molecule has 16 heavy (non-hydrogen) atoms. The summed E-state index contributed by atoms with van der Waals surface area (Å²) in [6, 6.07) is 8.46. The van der Waals surface area contributed by atoms with Gasteiger partial charge in [0.2, 0.25) is 5.13 Å². The first kappa shape index (κ1) is 11.1. The van der Waals surface area contributed by atoms with Crippen molar-refractivity contribution in [2.75, 3.05) is 11.9 Å². The second-order valence-corrected chi connectivity index (χ2v) is 4.91. The molecule has 0 aliphatic heterocycles. The summed E-state index contributed by atoms with van der Waals surface area (Å²) in [4.78, 5) is 0. The van der Waals surface area contributed by atoms with Crippen LogP contribution in [-0.4, -0.2) is 16.7 Å². The zero-order chi connectivity index (χ0) is 11.4. The molecule has 0 radical (unpaired) electrons. The quantitative estimate of drug-likeness (QED) is 0.882. The zero-order valence-corrected chi connectivity index (χ0v) is 10.3. The molecule has 0 bridgehead atoms. The van der Waals surface area contributed by atoms with Crippen LogP contribution in [-0.2, 0) is 6.42 Å². The molecule has 0 spiro atoms. The summed E-state index contributed by atoms with van der Waals surface area (Å²) in [5.41, 5.74) is 2.73. The van der Waals surface area contributed by atoms with E-state index in [2.05, 4.69) is 46.7 Å². The molecule has 0 aliphatic carbocycles. The Kier molecular flexibility index (Phi) is 3.51. The Bertz CT molecular complexity index is 465. The normalized spacial score (nSPS) is 10.4. The minimum Gasteiger partial charge on any atom is -0.360 e. The van der Waals surface area contributed by atoms with Crippen LogP contribution in [0.5, 0.6) is 0 Å². The predicted molar refractivity (Wildman–Crippen MR) is 68.0 cm³/mol. The highest BCUT2D eigenvalue weighted by molar-refractivity contribution is 7.15. The van der Waals surface area contributed by atoms with Crippen molar-refractivity contribution in [2.24, 2.45) is 0 Å². The van der Waals surface area contributed by atoms with Gasteiger partial charge in [-0.1, -0.05) is 35.6 Å². The first-order chi connectivity index (χ1) is 7.75. The Balaban J connectivity index is 1.87. The fourth-order valence-corrected chi connectivity index (χ4v) is 2.18. The van der Waals surface area contributed by atoms with Gasteiger partial charge >= 0.3 is 0 Å². The number of nitrogens with zero attached hydrogens (tertiary/aromatic N) is 2. The van der Waals surface area contributed by atoms with E-state index < -0.39 is 0 Å². The number of hydrogen-bond donors (Lipinski definition) is 1. The van der Waals surface area contributed by atoms with E-state index >= 15 is 0 Å². The molecule has 0 saturated carbocycles. The van der Waals surface area contributed by atoms with Crippen molar-refractivity contribution in [1.82, 2.24) is 10.2 Å². The Morgan fingerprint density at radius 1 is 1.19 bits per heavy atom. The van der Waals surface area contributed by atoms with E-state index in [9.17, 15) is 0 Å². The number of hydrogen-bond acceptors (Lipinski definition) is 4. The minimum absolute atomic E-state index is 0.902. The van der Waals surface area contributed by atoms with Crippen molar-refractivity contribution >= 4 is 16.5 Å². The highest BCUT2D eigenvalue weighted by Crippen LogP contribution is 2.14. The van der Waals surface area contributed by atoms with Crippen LogP contribution in [0.4, 0.5) is 5.13 Å². The van der Waals surface area contributed by atoms with Crippen molar-refractivity contribution < 1.29 is 0 Å². The maximum atomic E-state index is 4.03. The van der Waals surface area contributed by atoms with Gasteiger partial charge in [-0.15, -0.1) is 10.2 Å². The number of rotatable bonds is 4. The summed E-state index contributed by atoms with van der Waals surface area (Å²) in [6.45, 7) is 5.01. The Hall–Kier alpha value is -1.42. The molecule has 0 fully saturated rings. The van der Waals surface area contributed by atoms with Gasteiger partial charge in [0.05, 0.1) is 0 Å². The fraction of sp³-hybridized carbons (Fsp3) is 0.333. The summed E-state index contributed by atoms with van der Waals surface area (Å²) in [5, 5.41) is 13.2. The Labute approximate surface area is 99.5 Å². The average molecular weight is 233 g/mol. The molecule has 0 amide bonds. The molecule has 0 unspecified atom stereocenters. The molecule has 1 aromatic carbocycles. The van der Waals surface area contributed by atoms with Gasteiger partial charge in [0.25, 0.3) is 0 Å². The van der Waals surface area contributed by atoms with Crippen molar-refractivity contribution in [3.8, 4) is 0 Å². The monoisotopic (exact) mass is 233 g/mol. The molecule has 1 N–H and O–H groups in total. The van der Waals surface area contributed by atoms with Gasteiger partial charge in [0, 0.05) is 6.54 Å². The van der Waals surface area contributed by atoms with E-state index in [1.165, 1.54) is 11.1 Å². The van der Waals surface area contributed by atoms with Crippen LogP contribution in [0, 0.1) is 13.8 Å². The summed E-state index contributed by atoms with van der Waals surface area (Å²) >= 11 is 1.59. The number of nitrogens with one attached hydrogen (secondary N) is 1. The van der Waals surface area contributed by atoms with Crippen molar-refractivity contribution in [2.45, 2.75) is 20.3 Å². The van der Waals surface area contributed by atoms with Crippen LogP contribution in [0.3, 0.4) is 0 Å². The van der Waals surface area contributed by atoms with E-state index in [0.717, 1.165) is 23.1 Å². The minimum atomic E-state index is 0.902. The lowest BCUT2D eigenvalue weighted by molar-refractivity contribution is 0.978. The molecule has 3 nitrogen and oxygen atoms in total. The molecule has 2 rings (SSSR count). The molecule has 4 heteroatoms. The Morgan fingerprint density at radius 3 is 2.69 bits per heavy atom. The summed E-state index contributed by atoms with van der Waals surface area (Å²) in [7, 11) is 0. The lowest BCUT2D eigenvalue weighted by Crippen LogP contribution is -2.05. The van der Waals surface area contributed by atoms with Gasteiger partial charge < -0.3 is 5.32 Å². The van der Waals surface area contributed by atoms with Crippen LogP contribution in [0.25, 0.3) is 0 Å². The zero-order valence-electron chi connectivity index (χ0n) is 9.53. The summed E-state index contributed by atoms with van der Waals surface area (Å²) in [6.07, 6.45) is 1.02. The van der Waals surface area contributed by atoms with E-state index in [1.54, 1.807) is 11.3 Å². The van der Waals surface area contributed by atoms with Crippen LogP contribution in [0.2, 0.25) is 0 Å². The lowest BCUT2D eigenvalue weighted by Gasteiger charge is -2.05. The average Bonchev–Trinajstić information content (AvgIpc) is 2.67. The number of anilines is 1. The molecule has 2 aromatic rings. The maximum Gasteiger partial charge on any atom is 0.205 e. The standard InChI is InChI=1S/C12H15N3S/c1-9-5-3-4-6-11(9)7-8-13-12-15-14-10(2)16-12/h3-6H,7-8H2,1-2H3,(H,13,15). The van der Waals surface area contributed by atoms with E-state index in [4.69, 9.17) is 0 Å². The van der Waals surface area contributed by atoms with Crippen molar-refractivity contribution in [1.29, 1.82) is 0 Å². The highest BCUT2D eigenvalue weighted by atomic mass is 32.1. The topological polar surface area (TPSA) is 37.8 Å². The Morgan fingerprint density at radius 2 is 2.00 bits per heavy atom. The largest absolute Gasteiger partial charge is 0.360 e. The van der Waals surface area contributed by atoms with Crippen molar-refractivity contribution in [3.63, 3.8) is 0 Å². The third-order valence-corrected chi connectivity index (χ3v) is 3.25. The SMILES string of the molecule is Cc1nnc(NCCc2ccccc2C)s1. The predicted octanol–water partition coefficient (Wildman–Crippen LogP) is 2.81. The molecule has 0 atom stereocenters. The van der Waals surface area contributed by atoms with E-state index in [-0.39, 0.29) is 0 Å². The first-order valence-corrected chi connectivity index (χ1v) is 6.16. The van der Waals surface area contributed by atoms with Gasteiger partial charge in [-0.2, -0.15) is 0 Å². The highest BCUT2D eigenvalue weighted by Gasteiger charge is 2.00. The second-order valence-electron chi connectivity index (χ2n) is 3.73. The molecular formula is C12H15N3S. The lowest BCUT2D eigenvalue weighted by atomic mass is 10.1. The van der Waals surface area contributed by atoms with Crippen LogP contribution >= 0.6 is 11.3 Å². The third kappa shape index (κ3) is 2.79. The second kappa shape index (κ2) is 5.07. The van der Waals surface area contributed by atoms with Crippen LogP contribution in [0.15, 0.2) is 24.3 Å². The molecule has 1 aromatic heterocycles. The van der Waals surface area contributed by atoms with E-state index in [0.29, 0.717) is 0 Å². The maximum absolute atomic E-state index is 4.03. The molecular weight excluding hydrogens is 218 g/mol. The van der Waals surface area contributed by atoms with Gasteiger partial charge in [-0.05, 0) is 31.4 Å². The third-order valence-electron chi connectivity index (χ3n) is 2.46. The number of aromatic nitrogens is 2. The molecule has 1 heterocycles. The van der Waals surface area contributed by atoms with E-state index in [1.807, 2.05) is 6.92 Å². The number of benzene rings is 1. The molecule has 84 valence electrons. The molecule has 0 saturated heterocycles. The summed E-state index contributed by atoms with van der Waals surface area (Å²) < 4.78 is 0. The van der Waals surface area contributed by atoms with Gasteiger partial charge in [-0.3, -0.25) is 0 Å².